The van der Waals surface area contributed by atoms with E-state index in [-0.39, 0.29) is 17.2 Å². The number of aromatic nitrogens is 2. The van der Waals surface area contributed by atoms with Crippen LogP contribution < -0.4 is 5.32 Å². The molecule has 0 bridgehead atoms. The first-order valence-corrected chi connectivity index (χ1v) is 5.91. The molecule has 0 amide bonds. The van der Waals surface area contributed by atoms with E-state index in [2.05, 4.69) is 15.3 Å². The van der Waals surface area contributed by atoms with E-state index in [4.69, 9.17) is 5.26 Å². The zero-order valence-corrected chi connectivity index (χ0v) is 10.7. The average Bonchev–Trinajstić information content (AvgIpc) is 2.47. The molecule has 0 unspecified atom stereocenters. The summed E-state index contributed by atoms with van der Waals surface area (Å²) in [4.78, 5) is 18.6. The predicted molar refractivity (Wildman–Crippen MR) is 73.0 cm³/mol. The van der Waals surface area contributed by atoms with E-state index in [9.17, 15) is 10.1 Å². The largest absolute Gasteiger partial charge is 0.365 e. The molecule has 0 aliphatic heterocycles. The van der Waals surface area contributed by atoms with Crippen LogP contribution in [-0.2, 0) is 0 Å². The van der Waals surface area contributed by atoms with Crippen molar-refractivity contribution in [3.05, 3.63) is 46.3 Å². The lowest BCUT2D eigenvalue weighted by atomic mass is 10.1. The van der Waals surface area contributed by atoms with Crippen molar-refractivity contribution in [2.45, 2.75) is 6.92 Å². The van der Waals surface area contributed by atoms with Gasteiger partial charge in [0.1, 0.15) is 6.33 Å². The van der Waals surface area contributed by atoms with E-state index >= 15 is 0 Å². The predicted octanol–water partition coefficient (Wildman–Crippen LogP) is 2.36. The van der Waals surface area contributed by atoms with E-state index in [1.807, 2.05) is 13.0 Å². The second kappa shape index (κ2) is 5.75. The zero-order valence-electron chi connectivity index (χ0n) is 10.7. The monoisotopic (exact) mass is 269 g/mol. The average molecular weight is 269 g/mol. The minimum Gasteiger partial charge on any atom is -0.365 e. The molecule has 7 heteroatoms. The van der Waals surface area contributed by atoms with Gasteiger partial charge in [0.25, 0.3) is 0 Å². The topological polar surface area (TPSA) is 105 Å². The smallest absolute Gasteiger partial charge is 0.337 e. The highest BCUT2D eigenvalue weighted by Gasteiger charge is 2.23. The van der Waals surface area contributed by atoms with Crippen LogP contribution in [0, 0.1) is 21.4 Å². The van der Waals surface area contributed by atoms with Crippen molar-refractivity contribution in [2.75, 3.05) is 11.9 Å². The van der Waals surface area contributed by atoms with Crippen LogP contribution in [0.4, 0.5) is 11.5 Å². The van der Waals surface area contributed by atoms with Crippen LogP contribution in [0.25, 0.3) is 11.3 Å². The van der Waals surface area contributed by atoms with Crippen LogP contribution in [0.15, 0.2) is 30.6 Å². The molecule has 1 aromatic heterocycles. The molecule has 1 N–H and O–H groups in total. The van der Waals surface area contributed by atoms with Crippen molar-refractivity contribution in [3.8, 4) is 17.3 Å². The van der Waals surface area contributed by atoms with E-state index in [0.29, 0.717) is 17.7 Å². The molecule has 0 aliphatic rings. The van der Waals surface area contributed by atoms with Crippen LogP contribution in [0.1, 0.15) is 12.5 Å². The number of nitro groups is 1. The molecule has 0 atom stereocenters. The van der Waals surface area contributed by atoms with Gasteiger partial charge in [0.2, 0.25) is 5.82 Å². The van der Waals surface area contributed by atoms with Crippen LogP contribution in [0.5, 0.6) is 0 Å². The van der Waals surface area contributed by atoms with Gasteiger partial charge in [0.05, 0.1) is 16.6 Å². The molecule has 7 nitrogen and oxygen atoms in total. The van der Waals surface area contributed by atoms with E-state index in [0.717, 1.165) is 0 Å². The molecule has 100 valence electrons. The summed E-state index contributed by atoms with van der Waals surface area (Å²) in [5, 5.41) is 23.0. The maximum Gasteiger partial charge on any atom is 0.337 e. The van der Waals surface area contributed by atoms with Crippen LogP contribution in [-0.4, -0.2) is 21.4 Å². The highest BCUT2D eigenvalue weighted by Crippen LogP contribution is 2.32. The van der Waals surface area contributed by atoms with Gasteiger partial charge in [-0.3, -0.25) is 10.1 Å². The Morgan fingerprint density at radius 1 is 1.45 bits per heavy atom. The standard InChI is InChI=1S/C13H11N5O2/c1-2-15-13-12(18(19)20)11(16-8-17-13)10-5-3-4-9(6-10)7-14/h3-6,8H,2H2,1H3,(H,15,16,17). The molecule has 2 aromatic rings. The molecule has 2 rings (SSSR count). The summed E-state index contributed by atoms with van der Waals surface area (Å²) in [5.74, 6) is 0.171. The number of anilines is 1. The summed E-state index contributed by atoms with van der Waals surface area (Å²) < 4.78 is 0. The Morgan fingerprint density at radius 3 is 2.90 bits per heavy atom. The molecule has 1 aromatic carbocycles. The Labute approximate surface area is 115 Å². The maximum absolute atomic E-state index is 11.3. The Kier molecular flexibility index (Phi) is 3.86. The normalized spacial score (nSPS) is 9.80. The Morgan fingerprint density at radius 2 is 2.25 bits per heavy atom. The van der Waals surface area contributed by atoms with Gasteiger partial charge < -0.3 is 5.32 Å². The lowest BCUT2D eigenvalue weighted by Gasteiger charge is -2.07. The minimum atomic E-state index is -0.521. The third-order valence-electron chi connectivity index (χ3n) is 2.61. The fourth-order valence-electron chi connectivity index (χ4n) is 1.80. The fraction of sp³-hybridized carbons (Fsp3) is 0.154. The molecule has 0 aliphatic carbocycles. The fourth-order valence-corrected chi connectivity index (χ4v) is 1.80. The quantitative estimate of drug-likeness (QED) is 0.674. The van der Waals surface area contributed by atoms with Gasteiger partial charge in [-0.25, -0.2) is 9.97 Å². The summed E-state index contributed by atoms with van der Waals surface area (Å²) in [6, 6.07) is 8.52. The van der Waals surface area contributed by atoms with Gasteiger partial charge in [-0.1, -0.05) is 12.1 Å². The highest BCUT2D eigenvalue weighted by atomic mass is 16.6. The van der Waals surface area contributed by atoms with Crippen molar-refractivity contribution in [3.63, 3.8) is 0 Å². The molecule has 1 heterocycles. The van der Waals surface area contributed by atoms with Gasteiger partial charge in [0, 0.05) is 12.1 Å². The van der Waals surface area contributed by atoms with Gasteiger partial charge in [-0.15, -0.1) is 0 Å². The zero-order chi connectivity index (χ0) is 14.5. The first kappa shape index (κ1) is 13.4. The molecule has 0 fully saturated rings. The van der Waals surface area contributed by atoms with Crippen molar-refractivity contribution in [2.24, 2.45) is 0 Å². The highest BCUT2D eigenvalue weighted by molar-refractivity contribution is 5.77. The van der Waals surface area contributed by atoms with Crippen molar-refractivity contribution >= 4 is 11.5 Å². The van der Waals surface area contributed by atoms with Gasteiger partial charge in [-0.05, 0) is 19.1 Å². The Bertz CT molecular complexity index is 693. The number of rotatable bonds is 4. The van der Waals surface area contributed by atoms with Crippen molar-refractivity contribution in [1.29, 1.82) is 5.26 Å². The van der Waals surface area contributed by atoms with E-state index < -0.39 is 4.92 Å². The Balaban J connectivity index is 2.64. The van der Waals surface area contributed by atoms with E-state index in [1.54, 1.807) is 24.3 Å². The number of hydrogen-bond acceptors (Lipinski definition) is 6. The summed E-state index contributed by atoms with van der Waals surface area (Å²) >= 11 is 0. The number of nitrogens with one attached hydrogen (secondary N) is 1. The van der Waals surface area contributed by atoms with Crippen LogP contribution >= 0.6 is 0 Å². The van der Waals surface area contributed by atoms with Gasteiger partial charge in [-0.2, -0.15) is 5.26 Å². The lowest BCUT2D eigenvalue weighted by molar-refractivity contribution is -0.383. The first-order chi connectivity index (χ1) is 9.67. The minimum absolute atomic E-state index is 0.171. The third-order valence-corrected chi connectivity index (χ3v) is 2.61. The van der Waals surface area contributed by atoms with Crippen LogP contribution in [0.3, 0.4) is 0 Å². The van der Waals surface area contributed by atoms with Crippen molar-refractivity contribution in [1.82, 2.24) is 9.97 Å². The molecular formula is C13H11N5O2. The lowest BCUT2D eigenvalue weighted by Crippen LogP contribution is -2.06. The second-order valence-electron chi connectivity index (χ2n) is 3.90. The van der Waals surface area contributed by atoms with Gasteiger partial charge >= 0.3 is 5.69 Å². The number of hydrogen-bond donors (Lipinski definition) is 1. The number of nitriles is 1. The molecule has 0 saturated carbocycles. The van der Waals surface area contributed by atoms with Crippen molar-refractivity contribution < 1.29 is 4.92 Å². The summed E-state index contributed by atoms with van der Waals surface area (Å²) in [7, 11) is 0. The molecular weight excluding hydrogens is 258 g/mol. The second-order valence-corrected chi connectivity index (χ2v) is 3.90. The summed E-state index contributed by atoms with van der Waals surface area (Å²) in [6.07, 6.45) is 1.26. The maximum atomic E-state index is 11.3. The third kappa shape index (κ3) is 2.54. The summed E-state index contributed by atoms with van der Waals surface area (Å²) in [6.45, 7) is 2.33. The Hall–Kier alpha value is -3.01. The SMILES string of the molecule is CCNc1ncnc(-c2cccc(C#N)c2)c1[N+](=O)[O-]. The summed E-state index contributed by atoms with van der Waals surface area (Å²) in [5.41, 5.74) is 0.931. The molecule has 0 saturated heterocycles. The molecule has 20 heavy (non-hydrogen) atoms. The number of nitrogens with zero attached hydrogens (tertiary/aromatic N) is 4. The van der Waals surface area contributed by atoms with Gasteiger partial charge in [0.15, 0.2) is 5.69 Å². The first-order valence-electron chi connectivity index (χ1n) is 5.91. The molecule has 0 radical (unpaired) electrons. The van der Waals surface area contributed by atoms with Crippen LogP contribution in [0.2, 0.25) is 0 Å². The van der Waals surface area contributed by atoms with E-state index in [1.165, 1.54) is 6.33 Å². The molecule has 0 spiro atoms. The number of benzene rings is 1.